The summed E-state index contributed by atoms with van der Waals surface area (Å²) in [6.45, 7) is 14.8. The van der Waals surface area contributed by atoms with Gasteiger partial charge >= 0.3 is 5.97 Å². The summed E-state index contributed by atoms with van der Waals surface area (Å²) in [5, 5.41) is 0. The molecule has 0 amide bonds. The van der Waals surface area contributed by atoms with Crippen LogP contribution in [0.2, 0.25) is 0 Å². The van der Waals surface area contributed by atoms with Crippen LogP contribution in [-0.4, -0.2) is 12.1 Å². The molecular formula is C59H92O2. The topological polar surface area (TPSA) is 26.3 Å². The zero-order chi connectivity index (χ0) is 43.6. The van der Waals surface area contributed by atoms with E-state index in [9.17, 15) is 4.79 Å². The lowest BCUT2D eigenvalue weighted by Gasteiger charge is -2.58. The molecule has 2 heteroatoms. The zero-order valence-electron chi connectivity index (χ0n) is 40.4. The van der Waals surface area contributed by atoms with Crippen molar-refractivity contribution in [1.82, 2.24) is 0 Å². The minimum atomic E-state index is 0.0338. The Morgan fingerprint density at radius 1 is 0.639 bits per heavy atom. The normalized spacial score (nSPS) is 28.8. The molecule has 0 radical (unpaired) electrons. The first-order valence-corrected chi connectivity index (χ1v) is 25.8. The molecule has 3 fully saturated rings. The Labute approximate surface area is 377 Å². The molecular weight excluding hydrogens is 741 g/mol. The number of ether oxygens (including phenoxy) is 1. The molecule has 0 aromatic rings. The van der Waals surface area contributed by atoms with Crippen LogP contribution in [-0.2, 0) is 9.53 Å². The smallest absolute Gasteiger partial charge is 0.306 e. The van der Waals surface area contributed by atoms with E-state index in [1.165, 1.54) is 70.6 Å². The number of hydrogen-bond acceptors (Lipinski definition) is 2. The van der Waals surface area contributed by atoms with Gasteiger partial charge in [0.05, 0.1) is 0 Å². The van der Waals surface area contributed by atoms with Gasteiger partial charge in [-0.1, -0.05) is 183 Å². The van der Waals surface area contributed by atoms with Crippen LogP contribution < -0.4 is 0 Å². The molecule has 0 aromatic heterocycles. The van der Waals surface area contributed by atoms with Gasteiger partial charge in [0.1, 0.15) is 6.10 Å². The number of allylic oxidation sites excluding steroid dienone is 17. The van der Waals surface area contributed by atoms with Gasteiger partial charge < -0.3 is 4.74 Å². The number of fused-ring (bicyclic) bond motifs is 5. The van der Waals surface area contributed by atoms with Crippen molar-refractivity contribution >= 4 is 5.97 Å². The van der Waals surface area contributed by atoms with Crippen LogP contribution in [0.5, 0.6) is 0 Å². The fraction of sp³-hybridized carbons (Fsp3) is 0.678. The van der Waals surface area contributed by atoms with E-state index < -0.39 is 0 Å². The predicted octanol–water partition coefficient (Wildman–Crippen LogP) is 17.9. The molecule has 0 N–H and O–H groups in total. The molecule has 2 nitrogen and oxygen atoms in total. The molecule has 8 atom stereocenters. The number of carbonyl (C=O) groups is 1. The lowest BCUT2D eigenvalue weighted by atomic mass is 9.47. The molecule has 0 spiro atoms. The van der Waals surface area contributed by atoms with Crippen molar-refractivity contribution in [2.75, 3.05) is 0 Å². The Morgan fingerprint density at radius 3 is 1.77 bits per heavy atom. The van der Waals surface area contributed by atoms with Gasteiger partial charge in [-0.05, 0) is 162 Å². The predicted molar refractivity (Wildman–Crippen MR) is 266 cm³/mol. The van der Waals surface area contributed by atoms with Crippen molar-refractivity contribution in [3.05, 3.63) is 109 Å². The molecule has 4 aliphatic rings. The number of hydrogen-bond donors (Lipinski definition) is 0. The highest BCUT2D eigenvalue weighted by Gasteiger charge is 2.59. The van der Waals surface area contributed by atoms with Crippen LogP contribution in [0.1, 0.15) is 202 Å². The monoisotopic (exact) mass is 833 g/mol. The zero-order valence-corrected chi connectivity index (χ0v) is 40.4. The third-order valence-corrected chi connectivity index (χ3v) is 15.5. The largest absolute Gasteiger partial charge is 0.462 e. The average molecular weight is 833 g/mol. The molecule has 0 heterocycles. The van der Waals surface area contributed by atoms with Crippen LogP contribution in [0.4, 0.5) is 0 Å². The highest BCUT2D eigenvalue weighted by molar-refractivity contribution is 5.69. The molecule has 0 bridgehead atoms. The minimum absolute atomic E-state index is 0.0338. The first-order valence-electron chi connectivity index (χ1n) is 25.8. The molecule has 61 heavy (non-hydrogen) atoms. The lowest BCUT2D eigenvalue weighted by Crippen LogP contribution is -2.51. The van der Waals surface area contributed by atoms with Crippen molar-refractivity contribution in [3.8, 4) is 0 Å². The third-order valence-electron chi connectivity index (χ3n) is 15.5. The summed E-state index contributed by atoms with van der Waals surface area (Å²) in [5.74, 6) is 5.23. The quantitative estimate of drug-likeness (QED) is 0.0446. The van der Waals surface area contributed by atoms with Crippen molar-refractivity contribution in [1.29, 1.82) is 0 Å². The number of unbranched alkanes of at least 4 members (excludes halogenated alkanes) is 4. The molecule has 0 saturated heterocycles. The van der Waals surface area contributed by atoms with Gasteiger partial charge in [-0.3, -0.25) is 4.79 Å². The Hall–Kier alpha value is -2.87. The van der Waals surface area contributed by atoms with E-state index in [1.807, 2.05) is 0 Å². The number of carbonyl (C=O) groups excluding carboxylic acids is 1. The molecule has 0 aromatic carbocycles. The highest BCUT2D eigenvalue weighted by Crippen LogP contribution is 2.67. The van der Waals surface area contributed by atoms with Crippen LogP contribution in [0, 0.1) is 46.3 Å². The van der Waals surface area contributed by atoms with Crippen molar-refractivity contribution in [2.24, 2.45) is 46.3 Å². The Bertz CT molecular complexity index is 1510. The average Bonchev–Trinajstić information content (AvgIpc) is 3.60. The maximum absolute atomic E-state index is 12.9. The van der Waals surface area contributed by atoms with Gasteiger partial charge in [-0.2, -0.15) is 0 Å². The first-order chi connectivity index (χ1) is 29.7. The standard InChI is InChI=1S/C59H92O2/c1-7-8-9-10-11-12-13-14-15-16-17-18-19-20-21-22-23-24-25-26-27-28-29-30-31-32-33-34-35-39-57(60)61-52-44-46-58(5)51(48-52)40-41-53-55-43-42-54(50(4)38-36-37-49(2)3)59(55,6)47-45-56(53)58/h8-9,11-12,14-15,17-18,20-21,23-24,26-27,29-30,40,49-50,52-56H,7,10,13,16,19,22,25,28,31-39,41-48H2,1-6H3/b9-8-,12-11-,15-14-,18-17-,21-20-,24-23-,27-26-,30-29-. The number of rotatable bonds is 28. The van der Waals surface area contributed by atoms with E-state index in [0.717, 1.165) is 119 Å². The molecule has 8 unspecified atom stereocenters. The van der Waals surface area contributed by atoms with Gasteiger partial charge in [-0.15, -0.1) is 0 Å². The van der Waals surface area contributed by atoms with E-state index in [2.05, 4.69) is 145 Å². The van der Waals surface area contributed by atoms with Crippen molar-refractivity contribution in [2.45, 2.75) is 208 Å². The van der Waals surface area contributed by atoms with Gasteiger partial charge in [0.25, 0.3) is 0 Å². The van der Waals surface area contributed by atoms with E-state index in [0.29, 0.717) is 17.3 Å². The Balaban J connectivity index is 0.988. The first kappa shape index (κ1) is 50.8. The lowest BCUT2D eigenvalue weighted by molar-refractivity contribution is -0.151. The van der Waals surface area contributed by atoms with Gasteiger partial charge in [0.15, 0.2) is 0 Å². The summed E-state index contributed by atoms with van der Waals surface area (Å²) in [6.07, 6.45) is 67.6. The second-order valence-electron chi connectivity index (χ2n) is 20.4. The van der Waals surface area contributed by atoms with Gasteiger partial charge in [-0.25, -0.2) is 0 Å². The summed E-state index contributed by atoms with van der Waals surface area (Å²) < 4.78 is 6.15. The fourth-order valence-electron chi connectivity index (χ4n) is 12.1. The summed E-state index contributed by atoms with van der Waals surface area (Å²) in [4.78, 5) is 12.9. The van der Waals surface area contributed by atoms with Crippen LogP contribution in [0.25, 0.3) is 0 Å². The second kappa shape index (κ2) is 28.7. The Kier molecular flexibility index (Phi) is 23.9. The second-order valence-corrected chi connectivity index (χ2v) is 20.4. The van der Waals surface area contributed by atoms with Gasteiger partial charge in [0.2, 0.25) is 0 Å². The maximum Gasteiger partial charge on any atom is 0.306 e. The summed E-state index contributed by atoms with van der Waals surface area (Å²) in [5.41, 5.74) is 2.49. The third kappa shape index (κ3) is 17.3. The number of esters is 1. The maximum atomic E-state index is 12.9. The molecule has 4 rings (SSSR count). The summed E-state index contributed by atoms with van der Waals surface area (Å²) in [6, 6.07) is 0. The molecule has 3 saturated carbocycles. The van der Waals surface area contributed by atoms with Crippen molar-refractivity contribution in [3.63, 3.8) is 0 Å². The highest BCUT2D eigenvalue weighted by atomic mass is 16.5. The van der Waals surface area contributed by atoms with Crippen LogP contribution >= 0.6 is 0 Å². The van der Waals surface area contributed by atoms with E-state index in [4.69, 9.17) is 4.74 Å². The summed E-state index contributed by atoms with van der Waals surface area (Å²) in [7, 11) is 0. The van der Waals surface area contributed by atoms with E-state index in [-0.39, 0.29) is 12.1 Å². The van der Waals surface area contributed by atoms with E-state index in [1.54, 1.807) is 5.57 Å². The molecule has 340 valence electrons. The molecule has 4 aliphatic carbocycles. The van der Waals surface area contributed by atoms with Crippen LogP contribution in [0.3, 0.4) is 0 Å². The van der Waals surface area contributed by atoms with E-state index >= 15 is 0 Å². The fourth-order valence-corrected chi connectivity index (χ4v) is 12.1. The van der Waals surface area contributed by atoms with Gasteiger partial charge in [0, 0.05) is 12.8 Å². The van der Waals surface area contributed by atoms with Crippen LogP contribution in [0.15, 0.2) is 109 Å². The minimum Gasteiger partial charge on any atom is -0.462 e. The molecule has 0 aliphatic heterocycles. The summed E-state index contributed by atoms with van der Waals surface area (Å²) >= 11 is 0. The van der Waals surface area contributed by atoms with Crippen molar-refractivity contribution < 1.29 is 9.53 Å². The Morgan fingerprint density at radius 2 is 1.20 bits per heavy atom. The SMILES string of the molecule is CC/C=C\C/C=C\C/C=C\C/C=C\C/C=C\C/C=C\C/C=C\C/C=C\CCCCCCC(=O)OC1CCC2(C)C(=CCC3C2CCC2(C)C(C(C)CCCC(C)C)CCC32)C1.